The second-order valence-corrected chi connectivity index (χ2v) is 6.05. The van der Waals surface area contributed by atoms with E-state index in [2.05, 4.69) is 34.2 Å². The van der Waals surface area contributed by atoms with Crippen LogP contribution in [0.3, 0.4) is 0 Å². The summed E-state index contributed by atoms with van der Waals surface area (Å²) in [5.41, 5.74) is 2.22. The average molecular weight is 280 g/mol. The smallest absolute Gasteiger partial charge is 0.213 e. The van der Waals surface area contributed by atoms with Crippen LogP contribution in [0.15, 0.2) is 36.5 Å². The Bertz CT molecular complexity index is 756. The van der Waals surface area contributed by atoms with Gasteiger partial charge in [-0.3, -0.25) is 0 Å². The van der Waals surface area contributed by atoms with Crippen LogP contribution in [0, 0.1) is 5.92 Å². The van der Waals surface area contributed by atoms with Crippen molar-refractivity contribution in [2.24, 2.45) is 5.92 Å². The first kappa shape index (κ1) is 12.7. The maximum Gasteiger partial charge on any atom is 0.213 e. The van der Waals surface area contributed by atoms with Crippen LogP contribution in [-0.4, -0.2) is 16.6 Å². The molecule has 0 spiro atoms. The fourth-order valence-corrected chi connectivity index (χ4v) is 3.37. The zero-order valence-electron chi connectivity index (χ0n) is 12.1. The summed E-state index contributed by atoms with van der Waals surface area (Å²) in [5, 5.41) is 2.43. The molecule has 2 heterocycles. The second kappa shape index (κ2) is 5.40. The number of fused-ring (bicyclic) bond motifs is 3. The number of benzene rings is 1. The number of ether oxygens (including phenoxy) is 1. The molecule has 1 saturated carbocycles. The van der Waals surface area contributed by atoms with Crippen molar-refractivity contribution in [1.82, 2.24) is 9.97 Å². The summed E-state index contributed by atoms with van der Waals surface area (Å²) < 4.78 is 5.95. The topological polar surface area (TPSA) is 37.9 Å². The number of para-hydroxylation sites is 1. The standard InChI is InChI=1S/C18H20N2O/c1-2-6-13(7-3-1)12-21-18-10-15-14-8-4-5-9-16(14)20-17(15)11-19-18/h4-5,8-11,13,20H,1-3,6-7,12H2. The van der Waals surface area contributed by atoms with E-state index in [1.54, 1.807) is 0 Å². The Hall–Kier alpha value is -2.03. The molecule has 1 fully saturated rings. The summed E-state index contributed by atoms with van der Waals surface area (Å²) in [5.74, 6) is 1.46. The van der Waals surface area contributed by atoms with Gasteiger partial charge in [-0.15, -0.1) is 0 Å². The number of nitrogens with one attached hydrogen (secondary N) is 1. The molecular formula is C18H20N2O. The number of pyridine rings is 1. The molecule has 1 aliphatic rings. The van der Waals surface area contributed by atoms with Crippen molar-refractivity contribution in [2.75, 3.05) is 6.61 Å². The number of nitrogens with zero attached hydrogens (tertiary/aromatic N) is 1. The van der Waals surface area contributed by atoms with E-state index in [4.69, 9.17) is 4.74 Å². The zero-order chi connectivity index (χ0) is 14.1. The second-order valence-electron chi connectivity index (χ2n) is 6.05. The summed E-state index contributed by atoms with van der Waals surface area (Å²) in [6.07, 6.45) is 8.57. The third-order valence-electron chi connectivity index (χ3n) is 4.56. The average Bonchev–Trinajstić information content (AvgIpc) is 2.92. The van der Waals surface area contributed by atoms with Crippen molar-refractivity contribution in [3.05, 3.63) is 36.5 Å². The van der Waals surface area contributed by atoms with Crippen LogP contribution in [0.25, 0.3) is 21.8 Å². The highest BCUT2D eigenvalue weighted by Crippen LogP contribution is 2.28. The predicted molar refractivity (Wildman–Crippen MR) is 85.7 cm³/mol. The molecule has 0 saturated heterocycles. The molecule has 1 N–H and O–H groups in total. The van der Waals surface area contributed by atoms with Gasteiger partial charge in [-0.05, 0) is 24.8 Å². The first-order valence-corrected chi connectivity index (χ1v) is 7.89. The van der Waals surface area contributed by atoms with E-state index < -0.39 is 0 Å². The van der Waals surface area contributed by atoms with Gasteiger partial charge in [-0.25, -0.2) is 4.98 Å². The van der Waals surface area contributed by atoms with Gasteiger partial charge in [-0.1, -0.05) is 37.5 Å². The summed E-state index contributed by atoms with van der Waals surface area (Å²) in [7, 11) is 0. The quantitative estimate of drug-likeness (QED) is 0.756. The van der Waals surface area contributed by atoms with Gasteiger partial charge in [0.15, 0.2) is 0 Å². The van der Waals surface area contributed by atoms with Gasteiger partial charge in [0.1, 0.15) is 0 Å². The SMILES string of the molecule is c1ccc2c(c1)[nH]c1cnc(OCC3CCCCC3)cc12. The summed E-state index contributed by atoms with van der Waals surface area (Å²) in [6.45, 7) is 0.806. The number of aromatic nitrogens is 2. The van der Waals surface area contributed by atoms with Gasteiger partial charge in [0.05, 0.1) is 18.3 Å². The van der Waals surface area contributed by atoms with Gasteiger partial charge in [-0.2, -0.15) is 0 Å². The molecule has 0 atom stereocenters. The highest BCUT2D eigenvalue weighted by atomic mass is 16.5. The Morgan fingerprint density at radius 2 is 1.90 bits per heavy atom. The molecule has 3 aromatic rings. The minimum absolute atomic E-state index is 0.708. The van der Waals surface area contributed by atoms with E-state index in [1.165, 1.54) is 42.9 Å². The van der Waals surface area contributed by atoms with Crippen LogP contribution in [0.2, 0.25) is 0 Å². The lowest BCUT2D eigenvalue weighted by Gasteiger charge is -2.21. The fraction of sp³-hybridized carbons (Fsp3) is 0.389. The molecule has 1 aromatic carbocycles. The van der Waals surface area contributed by atoms with Crippen LogP contribution in [-0.2, 0) is 0 Å². The van der Waals surface area contributed by atoms with Gasteiger partial charge in [0, 0.05) is 22.4 Å². The molecular weight excluding hydrogens is 260 g/mol. The fourth-order valence-electron chi connectivity index (χ4n) is 3.37. The zero-order valence-corrected chi connectivity index (χ0v) is 12.1. The largest absolute Gasteiger partial charge is 0.477 e. The van der Waals surface area contributed by atoms with Crippen LogP contribution in [0.4, 0.5) is 0 Å². The first-order chi connectivity index (χ1) is 10.4. The summed E-state index contributed by atoms with van der Waals surface area (Å²) in [6, 6.07) is 10.4. The van der Waals surface area contributed by atoms with Crippen molar-refractivity contribution < 1.29 is 4.74 Å². The van der Waals surface area contributed by atoms with Crippen LogP contribution >= 0.6 is 0 Å². The Balaban J connectivity index is 1.59. The maximum atomic E-state index is 5.95. The first-order valence-electron chi connectivity index (χ1n) is 7.89. The van der Waals surface area contributed by atoms with Gasteiger partial charge in [0.2, 0.25) is 5.88 Å². The molecule has 1 aliphatic carbocycles. The van der Waals surface area contributed by atoms with Crippen molar-refractivity contribution in [3.8, 4) is 5.88 Å². The molecule has 0 radical (unpaired) electrons. The lowest BCUT2D eigenvalue weighted by molar-refractivity contribution is 0.203. The minimum Gasteiger partial charge on any atom is -0.477 e. The van der Waals surface area contributed by atoms with E-state index in [0.717, 1.165) is 23.5 Å². The molecule has 108 valence electrons. The number of hydrogen-bond acceptors (Lipinski definition) is 2. The molecule has 0 unspecified atom stereocenters. The number of aromatic amines is 1. The predicted octanol–water partition coefficient (Wildman–Crippen LogP) is 4.68. The molecule has 0 bridgehead atoms. The molecule has 0 aliphatic heterocycles. The molecule has 3 nitrogen and oxygen atoms in total. The normalized spacial score (nSPS) is 16.6. The van der Waals surface area contributed by atoms with E-state index in [-0.39, 0.29) is 0 Å². The van der Waals surface area contributed by atoms with Crippen molar-refractivity contribution in [2.45, 2.75) is 32.1 Å². The van der Waals surface area contributed by atoms with Crippen molar-refractivity contribution in [1.29, 1.82) is 0 Å². The summed E-state index contributed by atoms with van der Waals surface area (Å²) >= 11 is 0. The van der Waals surface area contributed by atoms with Gasteiger partial charge >= 0.3 is 0 Å². The third-order valence-corrected chi connectivity index (χ3v) is 4.56. The Morgan fingerprint density at radius 3 is 2.81 bits per heavy atom. The third kappa shape index (κ3) is 2.48. The molecule has 4 rings (SSSR count). The molecule has 3 heteroatoms. The highest BCUT2D eigenvalue weighted by Gasteiger charge is 2.14. The number of hydrogen-bond donors (Lipinski definition) is 1. The number of rotatable bonds is 3. The van der Waals surface area contributed by atoms with E-state index in [1.807, 2.05) is 12.3 Å². The van der Waals surface area contributed by atoms with Crippen LogP contribution < -0.4 is 4.74 Å². The van der Waals surface area contributed by atoms with Crippen LogP contribution in [0.1, 0.15) is 32.1 Å². The molecule has 2 aromatic heterocycles. The summed E-state index contributed by atoms with van der Waals surface area (Å²) in [4.78, 5) is 7.83. The molecule has 0 amide bonds. The Labute approximate surface area is 124 Å². The lowest BCUT2D eigenvalue weighted by Crippen LogP contribution is -2.15. The monoisotopic (exact) mass is 280 g/mol. The maximum absolute atomic E-state index is 5.95. The van der Waals surface area contributed by atoms with Crippen LogP contribution in [0.5, 0.6) is 5.88 Å². The lowest BCUT2D eigenvalue weighted by atomic mass is 9.90. The van der Waals surface area contributed by atoms with Gasteiger partial charge < -0.3 is 9.72 Å². The van der Waals surface area contributed by atoms with Gasteiger partial charge in [0.25, 0.3) is 0 Å². The molecule has 21 heavy (non-hydrogen) atoms. The minimum atomic E-state index is 0.708. The van der Waals surface area contributed by atoms with E-state index in [9.17, 15) is 0 Å². The van der Waals surface area contributed by atoms with Crippen molar-refractivity contribution in [3.63, 3.8) is 0 Å². The highest BCUT2D eigenvalue weighted by molar-refractivity contribution is 6.07. The Kier molecular flexibility index (Phi) is 3.26. The van der Waals surface area contributed by atoms with Crippen molar-refractivity contribution >= 4 is 21.8 Å². The Morgan fingerprint density at radius 1 is 1.05 bits per heavy atom. The number of H-pyrrole nitrogens is 1. The van der Waals surface area contributed by atoms with E-state index >= 15 is 0 Å². The van der Waals surface area contributed by atoms with E-state index in [0.29, 0.717) is 5.92 Å².